The van der Waals surface area contributed by atoms with Crippen molar-refractivity contribution < 1.29 is 9.59 Å². The molecule has 2 amide bonds. The third kappa shape index (κ3) is 3.92. The summed E-state index contributed by atoms with van der Waals surface area (Å²) in [4.78, 5) is 35.8. The number of nitrogens with zero attached hydrogens (tertiary/aromatic N) is 1. The monoisotopic (exact) mass is 548 g/mol. The molecule has 0 unspecified atom stereocenters. The highest BCUT2D eigenvalue weighted by molar-refractivity contribution is 6.00. The fourth-order valence-electron chi connectivity index (χ4n) is 11.3. The van der Waals surface area contributed by atoms with Gasteiger partial charge in [-0.3, -0.25) is 9.59 Å². The van der Waals surface area contributed by atoms with E-state index in [1.165, 1.54) is 38.5 Å². The Bertz CT molecular complexity index is 1500. The zero-order valence-corrected chi connectivity index (χ0v) is 23.8. The Morgan fingerprint density at radius 3 is 1.76 bits per heavy atom. The van der Waals surface area contributed by atoms with Gasteiger partial charge in [0.15, 0.2) is 0 Å². The van der Waals surface area contributed by atoms with Crippen LogP contribution in [0, 0.1) is 46.3 Å². The number of rotatable bonds is 5. The number of anilines is 2. The Balaban J connectivity index is 0.962. The van der Waals surface area contributed by atoms with E-state index in [0.29, 0.717) is 0 Å². The second kappa shape index (κ2) is 8.68. The van der Waals surface area contributed by atoms with Gasteiger partial charge in [0.25, 0.3) is 0 Å². The Hall–Kier alpha value is -3.15. The summed E-state index contributed by atoms with van der Waals surface area (Å²) in [5, 5.41) is 6.65. The van der Waals surface area contributed by atoms with E-state index < -0.39 is 0 Å². The van der Waals surface area contributed by atoms with Crippen molar-refractivity contribution in [2.45, 2.75) is 77.0 Å². The summed E-state index contributed by atoms with van der Waals surface area (Å²) in [6, 6.07) is 14.0. The fraction of sp³-hybridized carbons (Fsp3) is 0.571. The highest BCUT2D eigenvalue weighted by Gasteiger charge is 2.55. The molecule has 6 nitrogen and oxygen atoms in total. The van der Waals surface area contributed by atoms with Gasteiger partial charge in [-0.15, -0.1) is 0 Å². The molecule has 1 heterocycles. The number of nitrogens with one attached hydrogen (secondary N) is 3. The van der Waals surface area contributed by atoms with Gasteiger partial charge in [0.2, 0.25) is 11.8 Å². The van der Waals surface area contributed by atoms with Gasteiger partial charge < -0.3 is 15.6 Å². The first-order chi connectivity index (χ1) is 19.9. The molecular weight excluding hydrogens is 508 g/mol. The minimum absolute atomic E-state index is 0.170. The van der Waals surface area contributed by atoms with Crippen LogP contribution in [0.1, 0.15) is 77.0 Å². The summed E-state index contributed by atoms with van der Waals surface area (Å²) >= 11 is 0. The van der Waals surface area contributed by atoms with Crippen molar-refractivity contribution in [3.8, 4) is 11.4 Å². The number of imidazole rings is 1. The summed E-state index contributed by atoms with van der Waals surface area (Å²) < 4.78 is 0. The van der Waals surface area contributed by atoms with Crippen LogP contribution in [0.15, 0.2) is 42.5 Å². The summed E-state index contributed by atoms with van der Waals surface area (Å²) in [6.07, 6.45) is 14.3. The van der Waals surface area contributed by atoms with Gasteiger partial charge in [-0.25, -0.2) is 4.98 Å². The van der Waals surface area contributed by atoms with Gasteiger partial charge in [-0.1, -0.05) is 12.1 Å². The number of amides is 2. The van der Waals surface area contributed by atoms with Crippen LogP contribution >= 0.6 is 0 Å². The van der Waals surface area contributed by atoms with Gasteiger partial charge in [0.1, 0.15) is 5.82 Å². The molecule has 0 aliphatic heterocycles. The van der Waals surface area contributed by atoms with Crippen molar-refractivity contribution in [3.05, 3.63) is 42.5 Å². The molecular formula is C35H40N4O2. The summed E-state index contributed by atoms with van der Waals surface area (Å²) in [5.41, 5.74) is 3.94. The zero-order chi connectivity index (χ0) is 27.3. The Morgan fingerprint density at radius 1 is 0.683 bits per heavy atom. The topological polar surface area (TPSA) is 86.9 Å². The maximum absolute atomic E-state index is 13.8. The van der Waals surface area contributed by atoms with E-state index >= 15 is 0 Å². The van der Waals surface area contributed by atoms with E-state index in [0.717, 1.165) is 108 Å². The molecule has 8 fully saturated rings. The average Bonchev–Trinajstić information content (AvgIpc) is 3.35. The molecule has 2 aromatic carbocycles. The van der Waals surface area contributed by atoms with Gasteiger partial charge in [0, 0.05) is 11.3 Å². The van der Waals surface area contributed by atoms with Crippen LogP contribution < -0.4 is 10.6 Å². The number of carbonyl (C=O) groups is 2. The molecule has 8 aliphatic carbocycles. The lowest BCUT2D eigenvalue weighted by molar-refractivity contribution is -0.141. The number of aromatic amines is 1. The van der Waals surface area contributed by atoms with E-state index in [2.05, 4.69) is 15.6 Å². The fourth-order valence-corrected chi connectivity index (χ4v) is 11.3. The van der Waals surface area contributed by atoms with Crippen LogP contribution in [-0.2, 0) is 9.59 Å². The molecule has 0 atom stereocenters. The van der Waals surface area contributed by atoms with Gasteiger partial charge in [-0.2, -0.15) is 0 Å². The van der Waals surface area contributed by atoms with Gasteiger partial charge in [0.05, 0.1) is 27.6 Å². The molecule has 0 spiro atoms. The van der Waals surface area contributed by atoms with Crippen LogP contribution in [0.3, 0.4) is 0 Å². The number of benzene rings is 2. The Labute approximate surface area is 241 Å². The number of hydrogen-bond acceptors (Lipinski definition) is 3. The Kier molecular flexibility index (Phi) is 5.18. The van der Waals surface area contributed by atoms with Crippen LogP contribution in [-0.4, -0.2) is 21.8 Å². The van der Waals surface area contributed by atoms with Crippen molar-refractivity contribution in [1.29, 1.82) is 0 Å². The van der Waals surface area contributed by atoms with Crippen LogP contribution in [0.2, 0.25) is 0 Å². The van der Waals surface area contributed by atoms with Crippen LogP contribution in [0.5, 0.6) is 0 Å². The lowest BCUT2D eigenvalue weighted by atomic mass is 9.49. The molecule has 3 aromatic rings. The highest BCUT2D eigenvalue weighted by atomic mass is 16.2. The van der Waals surface area contributed by atoms with E-state index in [1.54, 1.807) is 0 Å². The molecule has 1 aromatic heterocycles. The highest BCUT2D eigenvalue weighted by Crippen LogP contribution is 2.61. The second-order valence-electron chi connectivity index (χ2n) is 15.2. The molecule has 41 heavy (non-hydrogen) atoms. The third-order valence-corrected chi connectivity index (χ3v) is 12.2. The predicted octanol–water partition coefficient (Wildman–Crippen LogP) is 7.54. The van der Waals surface area contributed by atoms with Crippen molar-refractivity contribution in [1.82, 2.24) is 9.97 Å². The molecule has 0 saturated heterocycles. The summed E-state index contributed by atoms with van der Waals surface area (Å²) in [6.45, 7) is 0. The maximum Gasteiger partial charge on any atom is 0.230 e. The van der Waals surface area contributed by atoms with Crippen molar-refractivity contribution in [3.63, 3.8) is 0 Å². The van der Waals surface area contributed by atoms with Gasteiger partial charge in [-0.05, 0) is 143 Å². The summed E-state index contributed by atoms with van der Waals surface area (Å²) in [5.74, 6) is 5.59. The normalized spacial score (nSPS) is 38.0. The molecule has 3 N–H and O–H groups in total. The van der Waals surface area contributed by atoms with Crippen molar-refractivity contribution in [2.75, 3.05) is 10.6 Å². The zero-order valence-electron chi connectivity index (χ0n) is 23.8. The van der Waals surface area contributed by atoms with Crippen molar-refractivity contribution in [2.24, 2.45) is 46.3 Å². The molecule has 8 aliphatic rings. The second-order valence-corrected chi connectivity index (χ2v) is 15.2. The van der Waals surface area contributed by atoms with Crippen LogP contribution in [0.25, 0.3) is 22.4 Å². The Morgan fingerprint density at radius 2 is 1.20 bits per heavy atom. The number of aromatic nitrogens is 2. The quantitative estimate of drug-likeness (QED) is 0.308. The minimum atomic E-state index is -0.195. The number of H-pyrrole nitrogens is 1. The number of para-hydroxylation sites is 1. The first-order valence-electron chi connectivity index (χ1n) is 16.1. The molecule has 212 valence electrons. The smallest absolute Gasteiger partial charge is 0.230 e. The van der Waals surface area contributed by atoms with E-state index in [1.807, 2.05) is 42.5 Å². The third-order valence-electron chi connectivity index (χ3n) is 12.2. The van der Waals surface area contributed by atoms with Crippen molar-refractivity contribution >= 4 is 34.2 Å². The lowest BCUT2D eigenvalue weighted by Gasteiger charge is -2.55. The van der Waals surface area contributed by atoms with E-state index in [4.69, 9.17) is 4.98 Å². The molecule has 8 bridgehead atoms. The van der Waals surface area contributed by atoms with Crippen LogP contribution in [0.4, 0.5) is 11.4 Å². The number of fused-ring (bicyclic) bond motifs is 1. The largest absolute Gasteiger partial charge is 0.338 e. The van der Waals surface area contributed by atoms with E-state index in [-0.39, 0.29) is 22.6 Å². The lowest BCUT2D eigenvalue weighted by Crippen LogP contribution is -2.51. The molecule has 11 rings (SSSR count). The SMILES string of the molecule is O=C(Nc1ccc2nc(-c3ccccc3NC(=O)C34CC5CC(CC(C5)C3)C4)[nH]c2c1)C12CC3CC(CC(C3)C1)C2. The minimum Gasteiger partial charge on any atom is -0.338 e. The average molecular weight is 549 g/mol. The molecule has 0 radical (unpaired) electrons. The van der Waals surface area contributed by atoms with E-state index in [9.17, 15) is 9.59 Å². The number of hydrogen-bond donors (Lipinski definition) is 3. The molecule has 8 saturated carbocycles. The predicted molar refractivity (Wildman–Crippen MR) is 160 cm³/mol. The molecule has 6 heteroatoms. The first kappa shape index (κ1) is 24.4. The first-order valence-corrected chi connectivity index (χ1v) is 16.1. The number of carbonyl (C=O) groups excluding carboxylic acids is 2. The van der Waals surface area contributed by atoms with Gasteiger partial charge >= 0.3 is 0 Å². The maximum atomic E-state index is 13.8. The standard InChI is InChI=1S/C35H40N4O2/c40-32(34-14-20-7-21(15-34)9-22(8-20)16-34)36-26-5-6-29-30(13-26)38-31(37-29)27-3-1-2-4-28(27)39-33(41)35-17-23-10-24(18-35)12-25(11-23)19-35/h1-6,13,20-25H,7-12,14-19H2,(H,36,40)(H,37,38)(H,39,41). The summed E-state index contributed by atoms with van der Waals surface area (Å²) in [7, 11) is 0.